The van der Waals surface area contributed by atoms with Gasteiger partial charge in [0.1, 0.15) is 0 Å². The zero-order valence-corrected chi connectivity index (χ0v) is 12.2. The second-order valence-corrected chi connectivity index (χ2v) is 6.95. The van der Waals surface area contributed by atoms with Crippen LogP contribution in [0.4, 0.5) is 13.2 Å². The van der Waals surface area contributed by atoms with Crippen LogP contribution in [0.2, 0.25) is 0 Å². The summed E-state index contributed by atoms with van der Waals surface area (Å²) < 4.78 is 37.1. The van der Waals surface area contributed by atoms with Gasteiger partial charge < -0.3 is 11.1 Å². The first-order valence-corrected chi connectivity index (χ1v) is 7.10. The van der Waals surface area contributed by atoms with E-state index in [2.05, 4.69) is 26.1 Å². The van der Waals surface area contributed by atoms with Gasteiger partial charge in [-0.15, -0.1) is 0 Å². The lowest BCUT2D eigenvalue weighted by molar-refractivity contribution is -0.129. The maximum absolute atomic E-state index is 12.4. The van der Waals surface area contributed by atoms with Gasteiger partial charge in [-0.25, -0.2) is 0 Å². The molecule has 0 amide bonds. The largest absolute Gasteiger partial charge is 0.401 e. The molecular formula is C14H27F3N2. The van der Waals surface area contributed by atoms with Crippen LogP contribution in [0.15, 0.2) is 0 Å². The molecule has 2 unspecified atom stereocenters. The maximum Gasteiger partial charge on any atom is 0.401 e. The number of halogens is 3. The minimum Gasteiger partial charge on any atom is -0.329 e. The van der Waals surface area contributed by atoms with Crippen molar-refractivity contribution in [1.82, 2.24) is 5.32 Å². The third-order valence-electron chi connectivity index (χ3n) is 4.46. The van der Waals surface area contributed by atoms with Crippen molar-refractivity contribution in [2.45, 2.75) is 64.6 Å². The van der Waals surface area contributed by atoms with E-state index in [0.717, 1.165) is 32.1 Å². The highest BCUT2D eigenvalue weighted by atomic mass is 19.4. The van der Waals surface area contributed by atoms with E-state index in [0.29, 0.717) is 5.92 Å². The number of nitrogens with two attached hydrogens (primary N) is 1. The number of hydrogen-bond donors (Lipinski definition) is 2. The Labute approximate surface area is 114 Å². The van der Waals surface area contributed by atoms with Gasteiger partial charge in [0.25, 0.3) is 0 Å². The Morgan fingerprint density at radius 1 is 1.16 bits per heavy atom. The lowest BCUT2D eigenvalue weighted by Gasteiger charge is -2.34. The normalized spacial score (nSPS) is 30.2. The van der Waals surface area contributed by atoms with E-state index in [9.17, 15) is 13.2 Å². The van der Waals surface area contributed by atoms with Crippen molar-refractivity contribution < 1.29 is 13.2 Å². The zero-order chi connectivity index (χ0) is 14.7. The van der Waals surface area contributed by atoms with Crippen molar-refractivity contribution in [2.24, 2.45) is 17.1 Å². The zero-order valence-electron chi connectivity index (χ0n) is 12.2. The molecule has 2 atom stereocenters. The maximum atomic E-state index is 12.4. The van der Waals surface area contributed by atoms with Crippen molar-refractivity contribution in [1.29, 1.82) is 0 Å². The molecule has 0 aliphatic heterocycles. The average molecular weight is 280 g/mol. The van der Waals surface area contributed by atoms with Crippen LogP contribution in [0, 0.1) is 11.3 Å². The van der Waals surface area contributed by atoms with E-state index >= 15 is 0 Å². The van der Waals surface area contributed by atoms with Crippen LogP contribution >= 0.6 is 0 Å². The van der Waals surface area contributed by atoms with E-state index < -0.39 is 18.3 Å². The van der Waals surface area contributed by atoms with Gasteiger partial charge in [-0.3, -0.25) is 0 Å². The molecule has 2 nitrogen and oxygen atoms in total. The van der Waals surface area contributed by atoms with Crippen molar-refractivity contribution in [3.8, 4) is 0 Å². The highest BCUT2D eigenvalue weighted by Gasteiger charge is 2.38. The Kier molecular flexibility index (Phi) is 5.29. The second kappa shape index (κ2) is 6.00. The van der Waals surface area contributed by atoms with Crippen LogP contribution in [-0.2, 0) is 0 Å². The van der Waals surface area contributed by atoms with Gasteiger partial charge in [-0.1, -0.05) is 27.2 Å². The molecule has 0 spiro atoms. The van der Waals surface area contributed by atoms with Gasteiger partial charge in [-0.2, -0.15) is 13.2 Å². The monoisotopic (exact) mass is 280 g/mol. The average Bonchev–Trinajstić information content (AvgIpc) is 2.48. The van der Waals surface area contributed by atoms with Gasteiger partial charge in [0.05, 0.1) is 6.54 Å². The Hall–Kier alpha value is -0.290. The van der Waals surface area contributed by atoms with Gasteiger partial charge >= 0.3 is 6.18 Å². The van der Waals surface area contributed by atoms with Gasteiger partial charge in [0.15, 0.2) is 0 Å². The number of alkyl halides is 3. The van der Waals surface area contributed by atoms with E-state index in [1.807, 2.05) is 0 Å². The molecule has 0 radical (unpaired) electrons. The number of hydrogen-bond acceptors (Lipinski definition) is 2. The molecule has 0 aromatic rings. The Bertz CT molecular complexity index is 283. The quantitative estimate of drug-likeness (QED) is 0.777. The summed E-state index contributed by atoms with van der Waals surface area (Å²) in [6.07, 6.45) is 0.292. The lowest BCUT2D eigenvalue weighted by atomic mass is 9.76. The van der Waals surface area contributed by atoms with E-state index in [1.54, 1.807) is 0 Å². The SMILES string of the molecule is CC(C)(C)C1CCCC(CN)(NCC(F)(F)F)CC1. The molecule has 0 aromatic heterocycles. The molecule has 1 aliphatic rings. The van der Waals surface area contributed by atoms with E-state index in [4.69, 9.17) is 5.73 Å². The molecule has 5 heteroatoms. The van der Waals surface area contributed by atoms with Crippen LogP contribution in [0.5, 0.6) is 0 Å². The molecule has 1 saturated carbocycles. The molecule has 3 N–H and O–H groups in total. The van der Waals surface area contributed by atoms with Crippen LogP contribution in [0.3, 0.4) is 0 Å². The molecule has 0 aromatic carbocycles. The van der Waals surface area contributed by atoms with Crippen LogP contribution in [0.25, 0.3) is 0 Å². The second-order valence-electron chi connectivity index (χ2n) is 6.95. The summed E-state index contributed by atoms with van der Waals surface area (Å²) in [7, 11) is 0. The standard InChI is InChI=1S/C14H27F3N2/c1-12(2,3)11-5-4-7-13(9-18,8-6-11)19-10-14(15,16)17/h11,19H,4-10,18H2,1-3H3. The van der Waals surface area contributed by atoms with Crippen LogP contribution in [0.1, 0.15) is 52.9 Å². The molecule has 19 heavy (non-hydrogen) atoms. The molecule has 0 bridgehead atoms. The molecule has 1 fully saturated rings. The summed E-state index contributed by atoms with van der Waals surface area (Å²) >= 11 is 0. The fraction of sp³-hybridized carbons (Fsp3) is 1.00. The molecule has 0 saturated heterocycles. The Morgan fingerprint density at radius 2 is 1.79 bits per heavy atom. The minimum absolute atomic E-state index is 0.217. The lowest BCUT2D eigenvalue weighted by Crippen LogP contribution is -2.53. The molecule has 1 rings (SSSR count). The van der Waals surface area contributed by atoms with Crippen LogP contribution in [-0.4, -0.2) is 24.8 Å². The Balaban J connectivity index is 2.65. The first-order chi connectivity index (χ1) is 8.58. The third-order valence-corrected chi connectivity index (χ3v) is 4.46. The fourth-order valence-corrected chi connectivity index (χ4v) is 3.01. The predicted molar refractivity (Wildman–Crippen MR) is 71.9 cm³/mol. The highest BCUT2D eigenvalue weighted by Crippen LogP contribution is 2.39. The third kappa shape index (κ3) is 5.30. The van der Waals surface area contributed by atoms with Gasteiger partial charge in [0, 0.05) is 12.1 Å². The molecule has 0 heterocycles. The summed E-state index contributed by atoms with van der Waals surface area (Å²) in [6.45, 7) is 5.95. The van der Waals surface area contributed by atoms with Crippen LogP contribution < -0.4 is 11.1 Å². The molecular weight excluding hydrogens is 253 g/mol. The van der Waals surface area contributed by atoms with E-state index in [-0.39, 0.29) is 12.0 Å². The summed E-state index contributed by atoms with van der Waals surface area (Å²) in [5.74, 6) is 0.564. The number of nitrogens with one attached hydrogen (secondary N) is 1. The smallest absolute Gasteiger partial charge is 0.329 e. The summed E-state index contributed by atoms with van der Waals surface area (Å²) in [5, 5.41) is 2.69. The van der Waals surface area contributed by atoms with Crippen molar-refractivity contribution in [3.05, 3.63) is 0 Å². The summed E-state index contributed by atoms with van der Waals surface area (Å²) in [6, 6.07) is 0. The number of rotatable bonds is 3. The van der Waals surface area contributed by atoms with Gasteiger partial charge in [-0.05, 0) is 37.0 Å². The molecule has 1 aliphatic carbocycles. The fourth-order valence-electron chi connectivity index (χ4n) is 3.01. The summed E-state index contributed by atoms with van der Waals surface area (Å²) in [5.41, 5.74) is 5.45. The first-order valence-electron chi connectivity index (χ1n) is 7.10. The summed E-state index contributed by atoms with van der Waals surface area (Å²) in [4.78, 5) is 0. The minimum atomic E-state index is -4.17. The first kappa shape index (κ1) is 16.8. The van der Waals surface area contributed by atoms with Gasteiger partial charge in [0.2, 0.25) is 0 Å². The molecule has 114 valence electrons. The highest BCUT2D eigenvalue weighted by molar-refractivity contribution is 4.94. The topological polar surface area (TPSA) is 38.0 Å². The van der Waals surface area contributed by atoms with Crippen molar-refractivity contribution >= 4 is 0 Å². The predicted octanol–water partition coefficient (Wildman–Crippen LogP) is 3.46. The Morgan fingerprint density at radius 3 is 2.26 bits per heavy atom. The van der Waals surface area contributed by atoms with Crippen molar-refractivity contribution in [3.63, 3.8) is 0 Å². The van der Waals surface area contributed by atoms with E-state index in [1.165, 1.54) is 0 Å². The van der Waals surface area contributed by atoms with Crippen molar-refractivity contribution in [2.75, 3.05) is 13.1 Å².